The number of ether oxygens (including phenoxy) is 2. The van der Waals surface area contributed by atoms with E-state index in [1.54, 1.807) is 12.1 Å². The maximum atomic E-state index is 12.8. The number of halogens is 3. The van der Waals surface area contributed by atoms with E-state index in [0.717, 1.165) is 24.3 Å². The number of hydrogen-bond donors (Lipinski definition) is 4. The summed E-state index contributed by atoms with van der Waals surface area (Å²) in [7, 11) is 2.93. The van der Waals surface area contributed by atoms with Gasteiger partial charge in [-0.3, -0.25) is 10.2 Å². The van der Waals surface area contributed by atoms with Crippen molar-refractivity contribution in [1.29, 1.82) is 5.41 Å². The Bertz CT molecular complexity index is 1350. The predicted molar refractivity (Wildman–Crippen MR) is 124 cm³/mol. The van der Waals surface area contributed by atoms with E-state index in [4.69, 9.17) is 26.4 Å². The smallest absolute Gasteiger partial charge is 0.416 e. The molecule has 0 spiro atoms. The Morgan fingerprint density at radius 3 is 2.46 bits per heavy atom. The molecule has 0 saturated carbocycles. The number of nitrogens with one attached hydrogen (secondary N) is 2. The van der Waals surface area contributed by atoms with Crippen LogP contribution < -0.4 is 26.3 Å². The van der Waals surface area contributed by atoms with Gasteiger partial charge in [0.05, 0.1) is 31.0 Å². The fourth-order valence-corrected chi connectivity index (χ4v) is 2.94. The minimum Gasteiger partial charge on any atom is -0.493 e. The van der Waals surface area contributed by atoms with Gasteiger partial charge in [-0.2, -0.15) is 13.2 Å². The van der Waals surface area contributed by atoms with E-state index in [-0.39, 0.29) is 23.0 Å². The number of nitrogens with two attached hydrogens (primary N) is 2. The lowest BCUT2D eigenvalue weighted by Gasteiger charge is -2.10. The molecule has 0 radical (unpaired) electrons. The van der Waals surface area contributed by atoms with Crippen LogP contribution in [0.15, 0.2) is 59.5 Å². The van der Waals surface area contributed by atoms with Crippen molar-refractivity contribution in [2.75, 3.05) is 19.5 Å². The number of methoxy groups -OCH3 is 2. The van der Waals surface area contributed by atoms with Gasteiger partial charge in [-0.1, -0.05) is 6.07 Å². The number of aliphatic imine (C=N–C) groups is 1. The van der Waals surface area contributed by atoms with E-state index in [0.29, 0.717) is 22.4 Å². The van der Waals surface area contributed by atoms with Crippen molar-refractivity contribution >= 4 is 39.9 Å². The van der Waals surface area contributed by atoms with Crippen LogP contribution in [0.25, 0.3) is 10.9 Å². The van der Waals surface area contributed by atoms with E-state index < -0.39 is 23.4 Å². The summed E-state index contributed by atoms with van der Waals surface area (Å²) in [6.45, 7) is 0. The van der Waals surface area contributed by atoms with Gasteiger partial charge in [-0.15, -0.1) is 0 Å². The van der Waals surface area contributed by atoms with Crippen LogP contribution in [0.5, 0.6) is 11.5 Å². The van der Waals surface area contributed by atoms with Crippen molar-refractivity contribution in [1.82, 2.24) is 9.97 Å². The summed E-state index contributed by atoms with van der Waals surface area (Å²) in [5.74, 6) is -0.276. The number of hydrogen-bond acceptors (Lipinski definition) is 8. The number of aromatic nitrogens is 2. The van der Waals surface area contributed by atoms with Gasteiger partial charge in [0, 0.05) is 23.2 Å². The normalized spacial score (nSPS) is 12.4. The number of carbonyl (C=O) groups excluding carboxylic acids is 1. The highest BCUT2D eigenvalue weighted by Gasteiger charge is 2.30. The molecular formula is C22H20F3N7O3. The van der Waals surface area contributed by atoms with Crippen molar-refractivity contribution in [3.63, 3.8) is 0 Å². The maximum absolute atomic E-state index is 12.8. The summed E-state index contributed by atoms with van der Waals surface area (Å²) in [5.41, 5.74) is 10.3. The molecule has 1 amide bonds. The standard InChI is InChI=1S/C22H20F3N7O3/c1-34-16-7-13-15(9-17(16)35-2)29-10-30-21(13)32-20(28)19(27)14(26)8-18(33)31-12-5-3-4-11(6-12)22(23,24)25/h3-10,27H,26H2,1-2H3,(H,31,33)(H2,28,29,30,32)/b14-8+,27-19?. The van der Waals surface area contributed by atoms with Gasteiger partial charge in [-0.25, -0.2) is 15.0 Å². The van der Waals surface area contributed by atoms with Crippen LogP contribution in [0, 0.1) is 5.41 Å². The van der Waals surface area contributed by atoms with E-state index in [1.165, 1.54) is 26.6 Å². The predicted octanol–water partition coefficient (Wildman–Crippen LogP) is 3.16. The molecule has 0 saturated heterocycles. The molecule has 0 fully saturated rings. The first-order valence-electron chi connectivity index (χ1n) is 9.79. The Hall–Kier alpha value is -4.68. The quantitative estimate of drug-likeness (QED) is 0.226. The Morgan fingerprint density at radius 1 is 1.11 bits per heavy atom. The van der Waals surface area contributed by atoms with Crippen molar-refractivity contribution in [3.8, 4) is 11.5 Å². The zero-order valence-electron chi connectivity index (χ0n) is 18.5. The van der Waals surface area contributed by atoms with E-state index in [9.17, 15) is 18.0 Å². The second kappa shape index (κ2) is 10.1. The van der Waals surface area contributed by atoms with Crippen LogP contribution >= 0.6 is 0 Å². The van der Waals surface area contributed by atoms with Crippen LogP contribution in [0.3, 0.4) is 0 Å². The topological polar surface area (TPSA) is 162 Å². The van der Waals surface area contributed by atoms with Gasteiger partial charge < -0.3 is 26.3 Å². The van der Waals surface area contributed by atoms with Crippen LogP contribution in [-0.2, 0) is 11.0 Å². The second-order valence-corrected chi connectivity index (χ2v) is 6.96. The van der Waals surface area contributed by atoms with Crippen LogP contribution in [-0.4, -0.2) is 41.6 Å². The highest BCUT2D eigenvalue weighted by Crippen LogP contribution is 2.34. The molecule has 182 valence electrons. The number of carbonyl (C=O) groups is 1. The Balaban J connectivity index is 1.83. The lowest BCUT2D eigenvalue weighted by atomic mass is 10.2. The molecule has 0 aliphatic rings. The van der Waals surface area contributed by atoms with Crippen molar-refractivity contribution in [2.45, 2.75) is 6.18 Å². The van der Waals surface area contributed by atoms with E-state index in [2.05, 4.69) is 20.3 Å². The largest absolute Gasteiger partial charge is 0.493 e. The summed E-state index contributed by atoms with van der Waals surface area (Å²) in [6, 6.07) is 7.27. The van der Waals surface area contributed by atoms with Gasteiger partial charge >= 0.3 is 6.18 Å². The summed E-state index contributed by atoms with van der Waals surface area (Å²) >= 11 is 0. The number of amidine groups is 1. The molecule has 13 heteroatoms. The van der Waals surface area contributed by atoms with Crippen molar-refractivity contribution in [3.05, 3.63) is 60.1 Å². The number of anilines is 1. The first kappa shape index (κ1) is 25.0. The van der Waals surface area contributed by atoms with Crippen LogP contribution in [0.2, 0.25) is 0 Å². The highest BCUT2D eigenvalue weighted by molar-refractivity contribution is 6.46. The minimum atomic E-state index is -4.57. The number of nitrogens with zero attached hydrogens (tertiary/aromatic N) is 3. The van der Waals surface area contributed by atoms with Crippen molar-refractivity contribution < 1.29 is 27.4 Å². The molecule has 1 heterocycles. The number of benzene rings is 2. The average molecular weight is 487 g/mol. The van der Waals surface area contributed by atoms with Gasteiger partial charge in [0.15, 0.2) is 23.2 Å². The van der Waals surface area contributed by atoms with Gasteiger partial charge in [-0.05, 0) is 24.3 Å². The summed E-state index contributed by atoms with van der Waals surface area (Å²) in [4.78, 5) is 24.5. The highest BCUT2D eigenvalue weighted by atomic mass is 19.4. The Kier molecular flexibility index (Phi) is 7.18. The molecule has 10 nitrogen and oxygen atoms in total. The fourth-order valence-electron chi connectivity index (χ4n) is 2.94. The molecule has 0 aliphatic carbocycles. The monoisotopic (exact) mass is 487 g/mol. The molecule has 0 unspecified atom stereocenters. The molecule has 35 heavy (non-hydrogen) atoms. The SMILES string of the molecule is COc1cc2ncnc(N=C(N)C(=N)/C(N)=C\C(=O)Nc3cccc(C(F)(F)F)c3)c2cc1OC. The fraction of sp³-hybridized carbons (Fsp3) is 0.136. The first-order chi connectivity index (χ1) is 16.5. The molecular weight excluding hydrogens is 467 g/mol. The molecule has 3 rings (SSSR count). The average Bonchev–Trinajstić information content (AvgIpc) is 2.82. The van der Waals surface area contributed by atoms with Crippen molar-refractivity contribution in [2.24, 2.45) is 16.5 Å². The molecule has 1 aromatic heterocycles. The molecule has 0 atom stereocenters. The third-order valence-corrected chi connectivity index (χ3v) is 4.63. The zero-order chi connectivity index (χ0) is 25.8. The lowest BCUT2D eigenvalue weighted by Crippen LogP contribution is -2.29. The second-order valence-electron chi connectivity index (χ2n) is 6.96. The third kappa shape index (κ3) is 5.82. The van der Waals surface area contributed by atoms with Gasteiger partial charge in [0.2, 0.25) is 0 Å². The zero-order valence-corrected chi connectivity index (χ0v) is 18.5. The minimum absolute atomic E-state index is 0.0983. The lowest BCUT2D eigenvalue weighted by molar-refractivity contribution is -0.137. The van der Waals surface area contributed by atoms with E-state index in [1.807, 2.05) is 0 Å². The molecule has 3 aromatic rings. The van der Waals surface area contributed by atoms with Crippen LogP contribution in [0.4, 0.5) is 24.7 Å². The number of amides is 1. The Morgan fingerprint density at radius 2 is 1.80 bits per heavy atom. The molecule has 6 N–H and O–H groups in total. The summed E-state index contributed by atoms with van der Waals surface area (Å²) < 4.78 is 49.0. The van der Waals surface area contributed by atoms with Gasteiger partial charge in [0.1, 0.15) is 12.0 Å². The first-order valence-corrected chi connectivity index (χ1v) is 9.79. The number of fused-ring (bicyclic) bond motifs is 1. The summed E-state index contributed by atoms with van der Waals surface area (Å²) in [5, 5.41) is 10.8. The number of alkyl halides is 3. The number of rotatable bonds is 7. The summed E-state index contributed by atoms with van der Waals surface area (Å²) in [6.07, 6.45) is -2.51. The Labute approximate surface area is 197 Å². The van der Waals surface area contributed by atoms with Gasteiger partial charge in [0.25, 0.3) is 5.91 Å². The maximum Gasteiger partial charge on any atom is 0.416 e. The molecule has 0 aliphatic heterocycles. The third-order valence-electron chi connectivity index (χ3n) is 4.63. The van der Waals surface area contributed by atoms with E-state index >= 15 is 0 Å². The molecule has 2 aromatic carbocycles. The van der Waals surface area contributed by atoms with Crippen LogP contribution in [0.1, 0.15) is 5.56 Å². The molecule has 0 bridgehead atoms.